The molecule has 0 bridgehead atoms. The van der Waals surface area contributed by atoms with Crippen molar-refractivity contribution in [1.29, 1.82) is 0 Å². The lowest BCUT2D eigenvalue weighted by molar-refractivity contribution is 0.262. The van der Waals surface area contributed by atoms with Crippen LogP contribution in [0.3, 0.4) is 0 Å². The summed E-state index contributed by atoms with van der Waals surface area (Å²) in [5.74, 6) is 1.33. The summed E-state index contributed by atoms with van der Waals surface area (Å²) in [6.45, 7) is 5.88. The molecule has 11 heteroatoms. The average molecular weight is 612 g/mol. The molecule has 5 rings (SSSR count). The molecular weight excluding hydrogens is 578 g/mol. The lowest BCUT2D eigenvalue weighted by atomic mass is 9.86. The number of aromatic nitrogens is 2. The maximum Gasteiger partial charge on any atom is 0.323 e. The summed E-state index contributed by atoms with van der Waals surface area (Å²) >= 11 is 0. The van der Waals surface area contributed by atoms with Crippen molar-refractivity contribution in [3.8, 4) is 17.4 Å². The smallest absolute Gasteiger partial charge is 0.323 e. The van der Waals surface area contributed by atoms with Gasteiger partial charge in [0.05, 0.1) is 18.5 Å². The Bertz CT molecular complexity index is 1940. The monoisotopic (exact) mass is 611 g/mol. The molecule has 0 spiro atoms. The molecule has 0 unspecified atom stereocenters. The summed E-state index contributed by atoms with van der Waals surface area (Å²) in [5, 5.41) is 10.3. The second kappa shape index (κ2) is 12.2. The molecule has 0 aliphatic carbocycles. The number of nitrogens with one attached hydrogen (secondary N) is 3. The molecule has 44 heavy (non-hydrogen) atoms. The highest BCUT2D eigenvalue weighted by molar-refractivity contribution is 7.90. The van der Waals surface area contributed by atoms with Gasteiger partial charge in [-0.2, -0.15) is 4.98 Å². The SMILES string of the molecule is COc1c(NC(=O)Nc2ccc(Oc3ccnc(Nc4ccccc4)n3)c3ccccc23)cc(C(C)(C)C)cc1S(C)(=O)=O. The average Bonchev–Trinajstić information content (AvgIpc) is 2.98. The molecule has 0 saturated carbocycles. The normalized spacial score (nSPS) is 11.6. The third kappa shape index (κ3) is 6.90. The van der Waals surface area contributed by atoms with Crippen LogP contribution in [0.25, 0.3) is 10.8 Å². The Labute approximate surface area is 256 Å². The first-order chi connectivity index (χ1) is 20.9. The number of amides is 2. The molecule has 226 valence electrons. The summed E-state index contributed by atoms with van der Waals surface area (Å²) in [6.07, 6.45) is 2.72. The number of sulfone groups is 1. The number of methoxy groups -OCH3 is 1. The van der Waals surface area contributed by atoms with E-state index in [2.05, 4.69) is 25.9 Å². The van der Waals surface area contributed by atoms with Crippen LogP contribution >= 0.6 is 0 Å². The number of fused-ring (bicyclic) bond motifs is 1. The molecule has 0 fully saturated rings. The number of urea groups is 1. The Kier molecular flexibility index (Phi) is 8.41. The van der Waals surface area contributed by atoms with Crippen LogP contribution in [0.2, 0.25) is 0 Å². The number of para-hydroxylation sites is 1. The molecule has 1 heterocycles. The van der Waals surface area contributed by atoms with Crippen LogP contribution in [0.4, 0.5) is 27.8 Å². The van der Waals surface area contributed by atoms with E-state index in [9.17, 15) is 13.2 Å². The minimum atomic E-state index is -3.65. The minimum absolute atomic E-state index is 0.00141. The summed E-state index contributed by atoms with van der Waals surface area (Å²) in [7, 11) is -2.28. The predicted octanol–water partition coefficient (Wildman–Crippen LogP) is 7.52. The van der Waals surface area contributed by atoms with Crippen LogP contribution in [-0.4, -0.2) is 37.8 Å². The fraction of sp³-hybridized carbons (Fsp3) is 0.182. The van der Waals surface area contributed by atoms with Crippen LogP contribution in [0, 0.1) is 0 Å². The van der Waals surface area contributed by atoms with Gasteiger partial charge in [-0.05, 0) is 47.4 Å². The van der Waals surface area contributed by atoms with Crippen LogP contribution in [0.5, 0.6) is 17.4 Å². The van der Waals surface area contributed by atoms with E-state index in [4.69, 9.17) is 9.47 Å². The number of carbonyl (C=O) groups is 1. The molecule has 10 nitrogen and oxygen atoms in total. The molecule has 2 amide bonds. The van der Waals surface area contributed by atoms with Crippen molar-refractivity contribution in [2.75, 3.05) is 29.3 Å². The maximum atomic E-state index is 13.3. The summed E-state index contributed by atoms with van der Waals surface area (Å²) < 4.78 is 36.8. The summed E-state index contributed by atoms with van der Waals surface area (Å²) in [5.41, 5.74) is 1.96. The number of hydrogen-bond acceptors (Lipinski definition) is 8. The molecule has 5 aromatic rings. The largest absolute Gasteiger partial charge is 0.493 e. The van der Waals surface area contributed by atoms with Gasteiger partial charge < -0.3 is 25.4 Å². The van der Waals surface area contributed by atoms with E-state index in [0.29, 0.717) is 23.3 Å². The van der Waals surface area contributed by atoms with Gasteiger partial charge in [0.25, 0.3) is 0 Å². The zero-order chi connectivity index (χ0) is 31.5. The molecule has 0 aliphatic heterocycles. The summed E-state index contributed by atoms with van der Waals surface area (Å²) in [4.78, 5) is 22.0. The lowest BCUT2D eigenvalue weighted by Gasteiger charge is -2.23. The van der Waals surface area contributed by atoms with Crippen molar-refractivity contribution in [3.05, 3.63) is 96.7 Å². The first-order valence-corrected chi connectivity index (χ1v) is 15.7. The van der Waals surface area contributed by atoms with Crippen molar-refractivity contribution in [3.63, 3.8) is 0 Å². The quantitative estimate of drug-likeness (QED) is 0.164. The van der Waals surface area contributed by atoms with Gasteiger partial charge in [-0.1, -0.05) is 63.2 Å². The molecule has 1 aromatic heterocycles. The molecule has 3 N–H and O–H groups in total. The fourth-order valence-electron chi connectivity index (χ4n) is 4.58. The fourth-order valence-corrected chi connectivity index (χ4v) is 5.45. The van der Waals surface area contributed by atoms with Gasteiger partial charge in [0, 0.05) is 35.0 Å². The van der Waals surface area contributed by atoms with Crippen molar-refractivity contribution in [1.82, 2.24) is 9.97 Å². The number of benzene rings is 4. The van der Waals surface area contributed by atoms with Gasteiger partial charge in [0.2, 0.25) is 11.8 Å². The number of hydrogen-bond donors (Lipinski definition) is 3. The van der Waals surface area contributed by atoms with Crippen LogP contribution < -0.4 is 25.4 Å². The third-order valence-corrected chi connectivity index (χ3v) is 7.88. The van der Waals surface area contributed by atoms with Gasteiger partial charge in [0.15, 0.2) is 15.6 Å². The molecule has 0 aliphatic rings. The van der Waals surface area contributed by atoms with Crippen LogP contribution in [-0.2, 0) is 15.3 Å². The Morgan fingerprint density at radius 1 is 0.841 bits per heavy atom. The number of anilines is 4. The van der Waals surface area contributed by atoms with E-state index in [-0.39, 0.29) is 21.7 Å². The van der Waals surface area contributed by atoms with Gasteiger partial charge in [0.1, 0.15) is 10.6 Å². The third-order valence-electron chi connectivity index (χ3n) is 6.78. The van der Waals surface area contributed by atoms with E-state index >= 15 is 0 Å². The highest BCUT2D eigenvalue weighted by atomic mass is 32.2. The molecule has 0 saturated heterocycles. The first-order valence-electron chi connectivity index (χ1n) is 13.8. The minimum Gasteiger partial charge on any atom is -0.493 e. The second-order valence-corrected chi connectivity index (χ2v) is 13.1. The second-order valence-electron chi connectivity index (χ2n) is 11.1. The van der Waals surface area contributed by atoms with Crippen LogP contribution in [0.1, 0.15) is 26.3 Å². The predicted molar refractivity (Wildman–Crippen MR) is 173 cm³/mol. The number of ether oxygens (including phenoxy) is 2. The lowest BCUT2D eigenvalue weighted by Crippen LogP contribution is -2.22. The standard InChI is InChI=1S/C33H33N5O5S/c1-33(2,3)21-19-26(30(42-4)28(20-21)44(5,40)41)37-32(39)36-25-15-16-27(24-14-10-9-13-23(24)25)43-29-17-18-34-31(38-29)35-22-11-7-6-8-12-22/h6-20H,1-5H3,(H,34,35,38)(H2,36,37,39). The molecule has 0 radical (unpaired) electrons. The molecular formula is C33H33N5O5S. The molecule has 4 aromatic carbocycles. The maximum absolute atomic E-state index is 13.3. The zero-order valence-corrected chi connectivity index (χ0v) is 25.8. The Hall–Kier alpha value is -5.16. The van der Waals surface area contributed by atoms with E-state index in [1.165, 1.54) is 7.11 Å². The van der Waals surface area contributed by atoms with E-state index in [0.717, 1.165) is 28.3 Å². The number of nitrogens with zero attached hydrogens (tertiary/aromatic N) is 2. The van der Waals surface area contributed by atoms with Crippen LogP contribution in [0.15, 0.2) is 96.0 Å². The van der Waals surface area contributed by atoms with Crippen molar-refractivity contribution in [2.24, 2.45) is 0 Å². The Balaban J connectivity index is 1.41. The topological polar surface area (TPSA) is 132 Å². The van der Waals surface area contributed by atoms with Crippen molar-refractivity contribution in [2.45, 2.75) is 31.1 Å². The summed E-state index contributed by atoms with van der Waals surface area (Å²) in [6, 6.07) is 24.9. The highest BCUT2D eigenvalue weighted by Gasteiger charge is 2.25. The zero-order valence-electron chi connectivity index (χ0n) is 25.0. The first kappa shape index (κ1) is 30.3. The highest BCUT2D eigenvalue weighted by Crippen LogP contribution is 2.38. The van der Waals surface area contributed by atoms with Gasteiger partial charge >= 0.3 is 6.03 Å². The Morgan fingerprint density at radius 2 is 1.52 bits per heavy atom. The molecule has 0 atom stereocenters. The van der Waals surface area contributed by atoms with Gasteiger partial charge in [-0.3, -0.25) is 0 Å². The van der Waals surface area contributed by atoms with E-state index < -0.39 is 15.9 Å². The number of carbonyl (C=O) groups excluding carboxylic acids is 1. The van der Waals surface area contributed by atoms with E-state index in [1.807, 2.05) is 75.4 Å². The van der Waals surface area contributed by atoms with E-state index in [1.54, 1.807) is 36.5 Å². The van der Waals surface area contributed by atoms with Gasteiger partial charge in [-0.25, -0.2) is 18.2 Å². The Morgan fingerprint density at radius 3 is 2.20 bits per heavy atom. The number of rotatable bonds is 8. The van der Waals surface area contributed by atoms with Crippen molar-refractivity contribution >= 4 is 49.7 Å². The van der Waals surface area contributed by atoms with Gasteiger partial charge in [-0.15, -0.1) is 0 Å². The van der Waals surface area contributed by atoms with Crippen molar-refractivity contribution < 1.29 is 22.7 Å².